The van der Waals surface area contributed by atoms with Gasteiger partial charge in [0.15, 0.2) is 0 Å². The molecule has 0 atom stereocenters. The molecule has 222 valence electrons. The SMILES string of the molecule is c1ccc(N2c3cc4c(nc3B3c5ccccc5Oc5cccc2c53)Sc2cccc3c2B4c2ccccc2N3c2ccccc2)cc1. The lowest BCUT2D eigenvalue weighted by Gasteiger charge is -2.42. The van der Waals surface area contributed by atoms with Crippen LogP contribution in [0.4, 0.5) is 34.1 Å². The molecular formula is C41H25B2N3OS. The maximum atomic E-state index is 6.56. The average Bonchev–Trinajstić information content (AvgIpc) is 3.14. The summed E-state index contributed by atoms with van der Waals surface area (Å²) in [7, 11) is 0. The maximum absolute atomic E-state index is 6.56. The molecule has 4 nitrogen and oxygen atoms in total. The Balaban J connectivity index is 1.20. The summed E-state index contributed by atoms with van der Waals surface area (Å²) >= 11 is 1.80. The zero-order valence-corrected chi connectivity index (χ0v) is 26.6. The van der Waals surface area contributed by atoms with E-state index in [1.54, 1.807) is 11.8 Å². The van der Waals surface area contributed by atoms with Crippen LogP contribution in [0.2, 0.25) is 0 Å². The lowest BCUT2D eigenvalue weighted by Crippen LogP contribution is -2.63. The van der Waals surface area contributed by atoms with Gasteiger partial charge in [0.1, 0.15) is 11.5 Å². The van der Waals surface area contributed by atoms with E-state index in [1.165, 1.54) is 38.1 Å². The Morgan fingerprint density at radius 3 is 1.88 bits per heavy atom. The first-order valence-corrected chi connectivity index (χ1v) is 17.2. The predicted molar refractivity (Wildman–Crippen MR) is 200 cm³/mol. The van der Waals surface area contributed by atoms with Gasteiger partial charge in [0.2, 0.25) is 0 Å². The Labute approximate surface area is 283 Å². The average molecular weight is 629 g/mol. The first-order chi connectivity index (χ1) is 23.8. The summed E-state index contributed by atoms with van der Waals surface area (Å²) in [6.07, 6.45) is 0. The predicted octanol–water partition coefficient (Wildman–Crippen LogP) is 6.25. The highest BCUT2D eigenvalue weighted by Crippen LogP contribution is 2.44. The quantitative estimate of drug-likeness (QED) is 0.211. The molecule has 0 spiro atoms. The van der Waals surface area contributed by atoms with E-state index in [0.717, 1.165) is 50.3 Å². The summed E-state index contributed by atoms with van der Waals surface area (Å²) in [4.78, 5) is 11.8. The molecule has 6 aromatic carbocycles. The third-order valence-corrected chi connectivity index (χ3v) is 11.3. The number of pyridine rings is 1. The van der Waals surface area contributed by atoms with Gasteiger partial charge in [-0.25, -0.2) is 0 Å². The summed E-state index contributed by atoms with van der Waals surface area (Å²) in [5.74, 6) is 1.79. The van der Waals surface area contributed by atoms with Crippen molar-refractivity contribution >= 4 is 92.2 Å². The molecule has 0 N–H and O–H groups in total. The van der Waals surface area contributed by atoms with Gasteiger partial charge in [-0.1, -0.05) is 96.7 Å². The Kier molecular flexibility index (Phi) is 5.46. The smallest absolute Gasteiger partial charge is 0.279 e. The van der Waals surface area contributed by atoms with Crippen molar-refractivity contribution in [1.82, 2.24) is 4.98 Å². The molecule has 0 aliphatic carbocycles. The fourth-order valence-electron chi connectivity index (χ4n) is 8.27. The number of fused-ring (bicyclic) bond motifs is 8. The van der Waals surface area contributed by atoms with E-state index in [-0.39, 0.29) is 13.4 Å². The number of ether oxygens (including phenoxy) is 1. The Morgan fingerprint density at radius 2 is 1.08 bits per heavy atom. The van der Waals surface area contributed by atoms with Gasteiger partial charge < -0.3 is 14.5 Å². The largest absolute Gasteiger partial charge is 0.458 e. The van der Waals surface area contributed by atoms with Crippen LogP contribution in [0.25, 0.3) is 0 Å². The van der Waals surface area contributed by atoms with Crippen molar-refractivity contribution in [2.24, 2.45) is 0 Å². The van der Waals surface area contributed by atoms with E-state index in [1.807, 2.05) is 0 Å². The molecule has 0 saturated carbocycles. The van der Waals surface area contributed by atoms with Gasteiger partial charge in [-0.3, -0.25) is 4.98 Å². The van der Waals surface area contributed by atoms with Gasteiger partial charge in [-0.15, -0.1) is 0 Å². The summed E-state index contributed by atoms with van der Waals surface area (Å²) in [6.45, 7) is 0.00991. The summed E-state index contributed by atoms with van der Waals surface area (Å²) < 4.78 is 6.56. The molecule has 0 saturated heterocycles. The highest BCUT2D eigenvalue weighted by atomic mass is 32.2. The molecule has 5 heterocycles. The van der Waals surface area contributed by atoms with Gasteiger partial charge in [0.25, 0.3) is 13.4 Å². The molecule has 0 bridgehead atoms. The first kappa shape index (κ1) is 26.4. The van der Waals surface area contributed by atoms with Crippen molar-refractivity contribution in [2.45, 2.75) is 9.92 Å². The Morgan fingerprint density at radius 1 is 0.479 bits per heavy atom. The van der Waals surface area contributed by atoms with E-state index in [2.05, 4.69) is 161 Å². The van der Waals surface area contributed by atoms with Crippen LogP contribution in [-0.2, 0) is 0 Å². The molecule has 7 heteroatoms. The third kappa shape index (κ3) is 3.57. The van der Waals surface area contributed by atoms with Gasteiger partial charge in [0.05, 0.1) is 10.7 Å². The number of aromatic nitrogens is 1. The van der Waals surface area contributed by atoms with Crippen LogP contribution in [0.15, 0.2) is 162 Å². The van der Waals surface area contributed by atoms with Gasteiger partial charge >= 0.3 is 0 Å². The highest BCUT2D eigenvalue weighted by molar-refractivity contribution is 8.00. The van der Waals surface area contributed by atoms with E-state index in [4.69, 9.17) is 9.72 Å². The second kappa shape index (κ2) is 9.93. The molecule has 0 amide bonds. The Hall–Kier alpha value is -5.65. The molecule has 0 unspecified atom stereocenters. The van der Waals surface area contributed by atoms with Crippen LogP contribution >= 0.6 is 11.8 Å². The van der Waals surface area contributed by atoms with E-state index in [0.29, 0.717) is 0 Å². The third-order valence-electron chi connectivity index (χ3n) is 10.2. The molecule has 0 fully saturated rings. The van der Waals surface area contributed by atoms with E-state index >= 15 is 0 Å². The van der Waals surface area contributed by atoms with Crippen LogP contribution < -0.4 is 47.4 Å². The maximum Gasteiger partial charge on any atom is 0.279 e. The van der Waals surface area contributed by atoms with Crippen molar-refractivity contribution in [3.8, 4) is 11.5 Å². The number of rotatable bonds is 2. The molecule has 4 aliphatic rings. The molecule has 4 aliphatic heterocycles. The molecule has 11 rings (SSSR count). The van der Waals surface area contributed by atoms with Crippen molar-refractivity contribution in [1.29, 1.82) is 0 Å². The Bertz CT molecular complexity index is 2460. The van der Waals surface area contributed by atoms with E-state index < -0.39 is 0 Å². The van der Waals surface area contributed by atoms with Crippen molar-refractivity contribution in [3.63, 3.8) is 0 Å². The minimum atomic E-state index is -0.0399. The zero-order valence-electron chi connectivity index (χ0n) is 25.7. The minimum Gasteiger partial charge on any atom is -0.458 e. The summed E-state index contributed by atoms with van der Waals surface area (Å²) in [6, 6.07) is 54.4. The molecular weight excluding hydrogens is 604 g/mol. The first-order valence-electron chi connectivity index (χ1n) is 16.4. The monoisotopic (exact) mass is 629 g/mol. The molecule has 1 aromatic heterocycles. The second-order valence-electron chi connectivity index (χ2n) is 12.7. The number of nitrogens with zero attached hydrogens (tertiary/aromatic N) is 3. The summed E-state index contributed by atoms with van der Waals surface area (Å²) in [5, 5.41) is 1.07. The van der Waals surface area contributed by atoms with Gasteiger partial charge in [-0.05, 0) is 94.0 Å². The standard InChI is InChI=1S/C41H25B2N3OS/c1-3-13-26(14-4-1)45-31-19-9-7-17-28(31)42-30-25-34-40(44-41(30)48-37-24-12-21-33(45)39(37)42)43-29-18-8-10-22-35(29)47-36-23-11-20-32(38(36)43)46(34)27-15-5-2-6-16-27/h1-25H. The van der Waals surface area contributed by atoms with E-state index in [9.17, 15) is 0 Å². The van der Waals surface area contributed by atoms with Crippen LogP contribution in [-0.4, -0.2) is 18.4 Å². The van der Waals surface area contributed by atoms with Gasteiger partial charge in [-0.2, -0.15) is 0 Å². The molecule has 0 radical (unpaired) electrons. The minimum absolute atomic E-state index is 0.0399. The fourth-order valence-corrected chi connectivity index (χ4v) is 9.39. The topological polar surface area (TPSA) is 28.6 Å². The number of hydrogen-bond acceptors (Lipinski definition) is 5. The lowest BCUT2D eigenvalue weighted by atomic mass is 9.33. The summed E-state index contributed by atoms with van der Waals surface area (Å²) in [5.41, 5.74) is 14.3. The normalized spacial score (nSPS) is 14.2. The highest BCUT2D eigenvalue weighted by Gasteiger charge is 2.46. The van der Waals surface area contributed by atoms with Crippen LogP contribution in [0, 0.1) is 0 Å². The van der Waals surface area contributed by atoms with Crippen molar-refractivity contribution < 1.29 is 4.74 Å². The van der Waals surface area contributed by atoms with Gasteiger partial charge in [0, 0.05) is 38.9 Å². The van der Waals surface area contributed by atoms with Crippen LogP contribution in [0.5, 0.6) is 11.5 Å². The van der Waals surface area contributed by atoms with Crippen molar-refractivity contribution in [2.75, 3.05) is 9.80 Å². The second-order valence-corrected chi connectivity index (χ2v) is 13.7. The molecule has 48 heavy (non-hydrogen) atoms. The molecule has 7 aromatic rings. The number of benzene rings is 6. The van der Waals surface area contributed by atoms with Crippen LogP contribution in [0.1, 0.15) is 0 Å². The number of anilines is 6. The number of hydrogen-bond donors (Lipinski definition) is 0. The zero-order chi connectivity index (χ0) is 31.3. The van der Waals surface area contributed by atoms with Crippen molar-refractivity contribution in [3.05, 3.63) is 152 Å². The number of para-hydroxylation sites is 4. The lowest BCUT2D eigenvalue weighted by molar-refractivity contribution is 0.487. The van der Waals surface area contributed by atoms with Crippen LogP contribution in [0.3, 0.4) is 0 Å². The fraction of sp³-hybridized carbons (Fsp3) is 0.